The van der Waals surface area contributed by atoms with Crippen molar-refractivity contribution >= 4 is 48.4 Å². The number of nitrogens with one attached hydrogen (secondary N) is 1. The number of H-pyrrole nitrogens is 1. The Labute approximate surface area is 319 Å². The number of thiocarbonyl (C=S) groups is 1. The van der Waals surface area contributed by atoms with E-state index in [1.54, 1.807) is 0 Å². The predicted octanol–water partition coefficient (Wildman–Crippen LogP) is -0.434. The molecule has 0 saturated heterocycles. The third kappa shape index (κ3) is 15.9. The van der Waals surface area contributed by atoms with Gasteiger partial charge in [0.2, 0.25) is 0 Å². The van der Waals surface area contributed by atoms with Crippen molar-refractivity contribution in [2.24, 2.45) is 0 Å². The summed E-state index contributed by atoms with van der Waals surface area (Å²) in [5.41, 5.74) is 1.15. The summed E-state index contributed by atoms with van der Waals surface area (Å²) >= 11 is 5.53. The molecule has 0 aliphatic carbocycles. The molecule has 0 radical (unpaired) electrons. The van der Waals surface area contributed by atoms with Crippen molar-refractivity contribution in [2.75, 3.05) is 5.75 Å². The summed E-state index contributed by atoms with van der Waals surface area (Å²) in [4.78, 5) is 7.76. The van der Waals surface area contributed by atoms with E-state index < -0.39 is 26.0 Å². The van der Waals surface area contributed by atoms with Gasteiger partial charge in [0.25, 0.3) is 0 Å². The molecule has 0 unspecified atom stereocenters. The van der Waals surface area contributed by atoms with Gasteiger partial charge in [0.15, 0.2) is 0 Å². The molecule has 8 nitrogen and oxygen atoms in total. The van der Waals surface area contributed by atoms with Crippen LogP contribution < -0.4 is 103 Å². The number of hydrogen-bond acceptors (Lipinski definition) is 8. The number of benzene rings is 1. The van der Waals surface area contributed by atoms with Gasteiger partial charge in [0.05, 0.1) is 26.0 Å². The number of aromatic amines is 1. The number of nitrogens with zero attached hydrogens (tertiary/aromatic N) is 1. The van der Waals surface area contributed by atoms with Crippen molar-refractivity contribution in [3.8, 4) is 0 Å². The summed E-state index contributed by atoms with van der Waals surface area (Å²) in [5.74, 6) is -0.0909. The molecule has 1 N–H and O–H groups in total. The fourth-order valence-corrected chi connectivity index (χ4v) is 5.87. The number of hydrogen-bond donors (Lipinski definition) is 1. The average Bonchev–Trinajstić information content (AvgIpc) is 3.19. The molecular weight excluding hydrogens is 599 g/mol. The van der Waals surface area contributed by atoms with Crippen molar-refractivity contribution in [1.82, 2.24) is 9.97 Å². The van der Waals surface area contributed by atoms with E-state index in [0.717, 1.165) is 19.3 Å². The standard InChI is InChI=1S/C25H40N2O6S3.2K/c1-2-3-4-5-6-7-8-9-10-11-12-14-20(34)19-21-23(36(31,32)33)17-16-22-25(21)27-24(26-22)15-13-18-35(28,29)30;;/h16-17H,2-15,18-19H2,1H3,(H,26,27)(H,28,29,30)(H,31,32,33);;/q;2*+1/p-2. The van der Waals surface area contributed by atoms with Crippen molar-refractivity contribution < 1.29 is 129 Å². The van der Waals surface area contributed by atoms with Gasteiger partial charge in [-0.3, -0.25) is 0 Å². The van der Waals surface area contributed by atoms with Crippen LogP contribution in [-0.2, 0) is 33.1 Å². The second-order valence-corrected chi connectivity index (χ2v) is 12.9. The first-order chi connectivity index (χ1) is 17.0. The molecule has 2 aromatic rings. The minimum atomic E-state index is -4.73. The molecule has 204 valence electrons. The molecule has 0 atom stereocenters. The summed E-state index contributed by atoms with van der Waals surface area (Å²) in [5, 5.41) is 0. The first-order valence-electron chi connectivity index (χ1n) is 12.9. The van der Waals surface area contributed by atoms with E-state index in [4.69, 9.17) is 12.2 Å². The van der Waals surface area contributed by atoms with E-state index in [2.05, 4.69) is 16.9 Å². The maximum atomic E-state index is 11.9. The Hall–Kier alpha value is 1.87. The molecule has 1 aromatic heterocycles. The predicted molar refractivity (Wildman–Crippen MR) is 144 cm³/mol. The zero-order chi connectivity index (χ0) is 26.6. The summed E-state index contributed by atoms with van der Waals surface area (Å²) in [6, 6.07) is 2.73. The van der Waals surface area contributed by atoms with Crippen LogP contribution in [0.3, 0.4) is 0 Å². The van der Waals surface area contributed by atoms with Gasteiger partial charge in [-0.2, -0.15) is 0 Å². The molecule has 0 aliphatic rings. The summed E-state index contributed by atoms with van der Waals surface area (Å²) in [6.45, 7) is 2.22. The van der Waals surface area contributed by atoms with Crippen molar-refractivity contribution in [3.05, 3.63) is 23.5 Å². The Morgan fingerprint density at radius 2 is 1.42 bits per heavy atom. The number of rotatable bonds is 19. The van der Waals surface area contributed by atoms with Gasteiger partial charge in [-0.1, -0.05) is 83.3 Å². The van der Waals surface area contributed by atoms with Gasteiger partial charge < -0.3 is 14.1 Å². The smallest absolute Gasteiger partial charge is 0.748 e. The monoisotopic (exact) mass is 636 g/mol. The Balaban J connectivity index is 0.00000684. The van der Waals surface area contributed by atoms with Gasteiger partial charge in [-0.05, 0) is 36.3 Å². The maximum Gasteiger partial charge on any atom is 1.00 e. The summed E-state index contributed by atoms with van der Waals surface area (Å²) < 4.78 is 68.2. The molecule has 1 aromatic carbocycles. The molecule has 13 heteroatoms. The molecule has 2 rings (SSSR count). The average molecular weight is 637 g/mol. The number of aryl methyl sites for hydroxylation is 1. The zero-order valence-electron chi connectivity index (χ0n) is 23.1. The summed E-state index contributed by atoms with van der Waals surface area (Å²) in [6.07, 6.45) is 14.6. The molecule has 0 bridgehead atoms. The van der Waals surface area contributed by atoms with Crippen LogP contribution in [0.1, 0.15) is 102 Å². The third-order valence-electron chi connectivity index (χ3n) is 6.28. The van der Waals surface area contributed by atoms with E-state index in [9.17, 15) is 25.9 Å². The van der Waals surface area contributed by atoms with Crippen LogP contribution in [0.25, 0.3) is 11.0 Å². The SMILES string of the molecule is CCCCCCCCCCCCCC(=S)Cc1c(S(=O)(=O)[O-])ccc2[nH]c(CCCS(=O)(=O)[O-])nc12.[K+].[K+]. The zero-order valence-corrected chi connectivity index (χ0v) is 31.8. The van der Waals surface area contributed by atoms with Gasteiger partial charge >= 0.3 is 103 Å². The minimum Gasteiger partial charge on any atom is -0.748 e. The third-order valence-corrected chi connectivity index (χ3v) is 8.33. The molecule has 0 saturated carbocycles. The molecular formula is C25H38K2N2O6S3. The van der Waals surface area contributed by atoms with E-state index in [1.807, 2.05) is 0 Å². The molecule has 0 aliphatic heterocycles. The van der Waals surface area contributed by atoms with Gasteiger partial charge in [-0.25, -0.2) is 21.8 Å². The Morgan fingerprint density at radius 3 is 1.95 bits per heavy atom. The Morgan fingerprint density at radius 1 is 0.868 bits per heavy atom. The van der Waals surface area contributed by atoms with E-state index in [1.165, 1.54) is 63.5 Å². The minimum absolute atomic E-state index is 0. The quantitative estimate of drug-likeness (QED) is 0.0947. The fourth-order valence-electron chi connectivity index (χ4n) is 4.38. The van der Waals surface area contributed by atoms with Crippen LogP contribution in [0.2, 0.25) is 0 Å². The van der Waals surface area contributed by atoms with Crippen LogP contribution in [-0.4, -0.2) is 46.5 Å². The fraction of sp³-hybridized carbons (Fsp3) is 0.680. The molecule has 0 fully saturated rings. The second kappa shape index (κ2) is 20.7. The first kappa shape index (κ1) is 39.9. The van der Waals surface area contributed by atoms with Crippen LogP contribution in [0.5, 0.6) is 0 Å². The van der Waals surface area contributed by atoms with Gasteiger partial charge in [0.1, 0.15) is 15.9 Å². The summed E-state index contributed by atoms with van der Waals surface area (Å²) in [7, 11) is -9.05. The van der Waals surface area contributed by atoms with Gasteiger partial charge in [-0.15, -0.1) is 0 Å². The largest absolute Gasteiger partial charge is 1.00 e. The Bertz CT molecular complexity index is 1200. The molecule has 38 heavy (non-hydrogen) atoms. The van der Waals surface area contributed by atoms with Crippen LogP contribution in [0, 0.1) is 0 Å². The molecule has 0 amide bonds. The van der Waals surface area contributed by atoms with Crippen molar-refractivity contribution in [2.45, 2.75) is 108 Å². The number of unbranched alkanes of at least 4 members (excludes halogenated alkanes) is 10. The number of imidazole rings is 1. The topological polar surface area (TPSA) is 143 Å². The van der Waals surface area contributed by atoms with Crippen LogP contribution in [0.4, 0.5) is 0 Å². The first-order valence-corrected chi connectivity index (χ1v) is 16.3. The molecule has 1 heterocycles. The number of fused-ring (bicyclic) bond motifs is 1. The molecule has 0 spiro atoms. The normalized spacial score (nSPS) is 11.8. The van der Waals surface area contributed by atoms with Crippen molar-refractivity contribution in [3.63, 3.8) is 0 Å². The van der Waals surface area contributed by atoms with E-state index >= 15 is 0 Å². The second-order valence-electron chi connectivity index (χ2n) is 9.44. The van der Waals surface area contributed by atoms with Crippen molar-refractivity contribution in [1.29, 1.82) is 0 Å². The van der Waals surface area contributed by atoms with Crippen LogP contribution >= 0.6 is 12.2 Å². The Kier molecular flexibility index (Phi) is 21.7. The maximum absolute atomic E-state index is 11.9. The van der Waals surface area contributed by atoms with E-state index in [-0.39, 0.29) is 132 Å². The van der Waals surface area contributed by atoms with Gasteiger partial charge in [0, 0.05) is 24.2 Å². The van der Waals surface area contributed by atoms with E-state index in [0.29, 0.717) is 28.1 Å². The number of aromatic nitrogens is 2. The van der Waals surface area contributed by atoms with Crippen LogP contribution in [0.15, 0.2) is 17.0 Å².